The molecule has 2 fully saturated rings. The number of halogens is 4. The second-order valence-electron chi connectivity index (χ2n) is 14.9. The minimum Gasteiger partial charge on any atom is -0.497 e. The van der Waals surface area contributed by atoms with Crippen molar-refractivity contribution >= 4 is 76.2 Å². The lowest BCUT2D eigenvalue weighted by Gasteiger charge is -2.33. The van der Waals surface area contributed by atoms with Crippen molar-refractivity contribution in [1.29, 1.82) is 0 Å². The Morgan fingerprint density at radius 3 is 1.42 bits per heavy atom. The first-order chi connectivity index (χ1) is 31.6. The molecule has 6 aromatic rings. The SMILES string of the molecule is COc1ccc(Cc2csc(N3CCN(S(=O)(=O)c4ccc(F)cc4Cl)CC3)n2)c(OC)c1.COc1ccc(OC)c(Cc2csc(N3CCN(S(=O)(=O)c4ccc(F)cc4Cl)CC3)n2)c1. The van der Waals surface area contributed by atoms with Gasteiger partial charge < -0.3 is 28.7 Å². The van der Waals surface area contributed by atoms with Gasteiger partial charge in [0, 0.05) is 93.2 Å². The highest BCUT2D eigenvalue weighted by atomic mass is 35.5. The molecule has 4 heterocycles. The summed E-state index contributed by atoms with van der Waals surface area (Å²) in [5, 5.41) is 5.44. The highest BCUT2D eigenvalue weighted by Crippen LogP contribution is 2.33. The third-order valence-electron chi connectivity index (χ3n) is 10.8. The van der Waals surface area contributed by atoms with E-state index in [1.165, 1.54) is 43.4 Å². The van der Waals surface area contributed by atoms with Crippen LogP contribution in [-0.2, 0) is 32.9 Å². The van der Waals surface area contributed by atoms with Crippen LogP contribution in [0.4, 0.5) is 19.0 Å². The van der Waals surface area contributed by atoms with Gasteiger partial charge in [-0.3, -0.25) is 0 Å². The average molecular weight is 1020 g/mol. The molecular formula is C44H46Cl2F2N6O8S4. The van der Waals surface area contributed by atoms with E-state index in [4.69, 9.17) is 52.1 Å². The first kappa shape index (κ1) is 49.1. The smallest absolute Gasteiger partial charge is 0.244 e. The number of piperazine rings is 2. The largest absolute Gasteiger partial charge is 0.497 e. The van der Waals surface area contributed by atoms with Crippen LogP contribution in [0.25, 0.3) is 0 Å². The Hall–Kier alpha value is -4.80. The van der Waals surface area contributed by atoms with Gasteiger partial charge in [0.25, 0.3) is 0 Å². The molecule has 2 aliphatic heterocycles. The summed E-state index contributed by atoms with van der Waals surface area (Å²) in [6.07, 6.45) is 1.20. The third kappa shape index (κ3) is 11.3. The zero-order valence-corrected chi connectivity index (χ0v) is 41.0. The van der Waals surface area contributed by atoms with Crippen LogP contribution in [0.1, 0.15) is 22.5 Å². The van der Waals surface area contributed by atoms with Gasteiger partial charge >= 0.3 is 0 Å². The van der Waals surface area contributed by atoms with Gasteiger partial charge in [0.15, 0.2) is 10.3 Å². The lowest BCUT2D eigenvalue weighted by Crippen LogP contribution is -2.48. The molecule has 66 heavy (non-hydrogen) atoms. The maximum atomic E-state index is 13.3. The molecule has 0 atom stereocenters. The van der Waals surface area contributed by atoms with E-state index >= 15 is 0 Å². The average Bonchev–Trinajstić information content (AvgIpc) is 3.99. The normalized spacial score (nSPS) is 15.0. The monoisotopic (exact) mass is 1020 g/mol. The second kappa shape index (κ2) is 21.4. The van der Waals surface area contributed by atoms with Crippen molar-refractivity contribution in [3.8, 4) is 23.0 Å². The van der Waals surface area contributed by atoms with E-state index in [0.717, 1.165) is 80.0 Å². The molecule has 0 N–H and O–H groups in total. The van der Waals surface area contributed by atoms with Gasteiger partial charge in [0.1, 0.15) is 44.4 Å². The molecule has 0 unspecified atom stereocenters. The maximum absolute atomic E-state index is 13.3. The molecular weight excluding hydrogens is 978 g/mol. The van der Waals surface area contributed by atoms with Crippen LogP contribution in [0.3, 0.4) is 0 Å². The molecule has 0 saturated carbocycles. The first-order valence-corrected chi connectivity index (χ1v) is 25.7. The molecule has 0 radical (unpaired) electrons. The van der Waals surface area contributed by atoms with E-state index in [1.54, 1.807) is 28.4 Å². The standard InChI is InChI=1S/2C22H23ClFN3O4S2/c1-30-18-4-5-20(31-2)15(12-18)11-17-14-32-22(25-17)26-7-9-27(10-8-26)33(28,29)21-6-3-16(24)13-19(21)23;1-30-18-5-3-15(20(13-18)31-2)11-17-14-32-22(25-17)26-7-9-27(10-8-26)33(28,29)21-6-4-16(24)12-19(21)23/h2*3-6,12-14H,7-11H2,1-2H3. The third-order valence-corrected chi connectivity index (χ3v) is 17.5. The summed E-state index contributed by atoms with van der Waals surface area (Å²) in [6.45, 7) is 3.13. The molecule has 14 nitrogen and oxygen atoms in total. The molecule has 4 aromatic carbocycles. The summed E-state index contributed by atoms with van der Waals surface area (Å²) >= 11 is 15.0. The van der Waals surface area contributed by atoms with Gasteiger partial charge in [-0.1, -0.05) is 29.3 Å². The fourth-order valence-electron chi connectivity index (χ4n) is 7.34. The molecule has 0 spiro atoms. The number of aromatic nitrogens is 2. The van der Waals surface area contributed by atoms with Crippen molar-refractivity contribution in [2.45, 2.75) is 22.6 Å². The van der Waals surface area contributed by atoms with Crippen LogP contribution in [-0.4, -0.2) is 116 Å². The van der Waals surface area contributed by atoms with E-state index in [9.17, 15) is 25.6 Å². The molecule has 0 amide bonds. The Balaban J connectivity index is 0.000000196. The molecule has 8 rings (SSSR count). The van der Waals surface area contributed by atoms with Gasteiger partial charge in [-0.05, 0) is 60.7 Å². The number of sulfonamides is 2. The molecule has 2 aromatic heterocycles. The number of nitrogens with zero attached hydrogens (tertiary/aromatic N) is 6. The Labute approximate surface area is 400 Å². The molecule has 0 aliphatic carbocycles. The van der Waals surface area contributed by atoms with Crippen LogP contribution in [0, 0.1) is 11.6 Å². The van der Waals surface area contributed by atoms with E-state index in [0.29, 0.717) is 39.0 Å². The maximum Gasteiger partial charge on any atom is 0.244 e. The quantitative estimate of drug-likeness (QED) is 0.104. The Bertz CT molecular complexity index is 2870. The Kier molecular flexibility index (Phi) is 16.0. The van der Waals surface area contributed by atoms with Gasteiger partial charge in [-0.15, -0.1) is 22.7 Å². The Morgan fingerprint density at radius 1 is 0.545 bits per heavy atom. The van der Waals surface area contributed by atoms with Gasteiger partial charge in [-0.2, -0.15) is 8.61 Å². The number of ether oxygens (including phenoxy) is 4. The predicted octanol–water partition coefficient (Wildman–Crippen LogP) is 8.11. The van der Waals surface area contributed by atoms with Gasteiger partial charge in [0.05, 0.1) is 49.9 Å². The van der Waals surface area contributed by atoms with Crippen molar-refractivity contribution < 1.29 is 44.6 Å². The van der Waals surface area contributed by atoms with Crippen LogP contribution in [0.2, 0.25) is 10.0 Å². The zero-order chi connectivity index (χ0) is 47.2. The summed E-state index contributed by atoms with van der Waals surface area (Å²) in [5.74, 6) is 1.83. The summed E-state index contributed by atoms with van der Waals surface area (Å²) in [5.41, 5.74) is 3.78. The van der Waals surface area contributed by atoms with E-state index in [1.807, 2.05) is 47.2 Å². The topological polar surface area (TPSA) is 144 Å². The van der Waals surface area contributed by atoms with Crippen molar-refractivity contribution in [3.05, 3.63) is 128 Å². The number of rotatable bonds is 14. The van der Waals surface area contributed by atoms with Crippen molar-refractivity contribution in [1.82, 2.24) is 18.6 Å². The lowest BCUT2D eigenvalue weighted by atomic mass is 10.1. The molecule has 352 valence electrons. The molecule has 22 heteroatoms. The van der Waals surface area contributed by atoms with Gasteiger partial charge in [0.2, 0.25) is 20.0 Å². The number of hydrogen-bond donors (Lipinski definition) is 0. The fourth-order valence-corrected chi connectivity index (χ4v) is 13.0. The number of methoxy groups -OCH3 is 4. The van der Waals surface area contributed by atoms with Crippen LogP contribution in [0.5, 0.6) is 23.0 Å². The van der Waals surface area contributed by atoms with Crippen molar-refractivity contribution in [2.24, 2.45) is 0 Å². The first-order valence-electron chi connectivity index (χ1n) is 20.3. The Morgan fingerprint density at radius 2 is 0.985 bits per heavy atom. The highest BCUT2D eigenvalue weighted by Gasteiger charge is 2.33. The minimum atomic E-state index is -3.80. The predicted molar refractivity (Wildman–Crippen MR) is 254 cm³/mol. The van der Waals surface area contributed by atoms with E-state index in [2.05, 4.69) is 9.80 Å². The number of anilines is 2. The number of thiazole rings is 2. The summed E-state index contributed by atoms with van der Waals surface area (Å²) < 4.78 is 103. The van der Waals surface area contributed by atoms with E-state index < -0.39 is 31.7 Å². The van der Waals surface area contributed by atoms with E-state index in [-0.39, 0.29) is 46.0 Å². The van der Waals surface area contributed by atoms with Crippen LogP contribution >= 0.6 is 45.9 Å². The fraction of sp³-hybridized carbons (Fsp3) is 0.318. The lowest BCUT2D eigenvalue weighted by molar-refractivity contribution is 0.384. The summed E-state index contributed by atoms with van der Waals surface area (Å²) in [6, 6.07) is 18.0. The molecule has 2 saturated heterocycles. The summed E-state index contributed by atoms with van der Waals surface area (Å²) in [7, 11) is -1.11. The van der Waals surface area contributed by atoms with Crippen molar-refractivity contribution in [2.75, 3.05) is 90.6 Å². The van der Waals surface area contributed by atoms with Gasteiger partial charge in [-0.25, -0.2) is 35.6 Å². The minimum absolute atomic E-state index is 0.0796. The molecule has 0 bridgehead atoms. The number of benzene rings is 4. The second-order valence-corrected chi connectivity index (χ2v) is 21.2. The van der Waals surface area contributed by atoms with Crippen LogP contribution < -0.4 is 28.7 Å². The van der Waals surface area contributed by atoms with Crippen molar-refractivity contribution in [3.63, 3.8) is 0 Å². The number of hydrogen-bond acceptors (Lipinski definition) is 14. The zero-order valence-electron chi connectivity index (χ0n) is 36.2. The molecule has 2 aliphatic rings. The summed E-state index contributed by atoms with van der Waals surface area (Å²) in [4.78, 5) is 13.5. The van der Waals surface area contributed by atoms with Crippen LogP contribution in [0.15, 0.2) is 93.3 Å². The highest BCUT2D eigenvalue weighted by molar-refractivity contribution is 7.89.